The van der Waals surface area contributed by atoms with E-state index in [2.05, 4.69) is 9.88 Å². The Morgan fingerprint density at radius 1 is 1.38 bits per heavy atom. The normalized spacial score (nSPS) is 20.0. The first-order valence-electron chi connectivity index (χ1n) is 7.26. The lowest BCUT2D eigenvalue weighted by atomic mass is 9.77. The van der Waals surface area contributed by atoms with Gasteiger partial charge in [-0.25, -0.2) is 9.78 Å². The third-order valence-corrected chi connectivity index (χ3v) is 4.09. The van der Waals surface area contributed by atoms with Crippen LogP contribution in [0.2, 0.25) is 0 Å². The van der Waals surface area contributed by atoms with Crippen molar-refractivity contribution in [1.29, 1.82) is 0 Å². The van der Waals surface area contributed by atoms with Crippen LogP contribution in [-0.2, 0) is 4.74 Å². The van der Waals surface area contributed by atoms with Gasteiger partial charge >= 0.3 is 6.09 Å². The first kappa shape index (κ1) is 14.0. The van der Waals surface area contributed by atoms with E-state index in [1.807, 2.05) is 31.7 Å². The van der Waals surface area contributed by atoms with E-state index in [0.29, 0.717) is 5.82 Å². The van der Waals surface area contributed by atoms with Crippen molar-refractivity contribution in [2.75, 3.05) is 30.3 Å². The minimum absolute atomic E-state index is 0.0519. The number of carbonyl (C=O) groups is 1. The van der Waals surface area contributed by atoms with Crippen LogP contribution < -0.4 is 10.6 Å². The second-order valence-electron chi connectivity index (χ2n) is 6.90. The third kappa shape index (κ3) is 2.50. The van der Waals surface area contributed by atoms with Crippen LogP contribution in [0.5, 0.6) is 0 Å². The maximum absolute atomic E-state index is 12.2. The molecule has 1 aromatic heterocycles. The van der Waals surface area contributed by atoms with E-state index < -0.39 is 5.60 Å². The molecule has 1 aromatic rings. The maximum Gasteiger partial charge on any atom is 0.410 e. The van der Waals surface area contributed by atoms with Gasteiger partial charge in [0.05, 0.1) is 17.4 Å². The Morgan fingerprint density at radius 2 is 2.10 bits per heavy atom. The summed E-state index contributed by atoms with van der Waals surface area (Å²) in [5, 5.41) is 0. The van der Waals surface area contributed by atoms with Crippen molar-refractivity contribution < 1.29 is 9.53 Å². The van der Waals surface area contributed by atoms with E-state index in [0.717, 1.165) is 31.7 Å². The van der Waals surface area contributed by atoms with E-state index >= 15 is 0 Å². The number of nitrogens with two attached hydrogens (primary N) is 1. The minimum Gasteiger partial charge on any atom is -0.444 e. The van der Waals surface area contributed by atoms with Crippen molar-refractivity contribution >= 4 is 17.6 Å². The van der Waals surface area contributed by atoms with Crippen molar-refractivity contribution in [3.05, 3.63) is 18.3 Å². The standard InChI is InChI=1S/C15H22N4O2/c1-14(2,3)21-13(20)19-7-6-15(19)9-18(10-15)11-4-5-12(16)17-8-11/h4-5,8H,6-7,9-10H2,1-3H3,(H2,16,17). The van der Waals surface area contributed by atoms with Gasteiger partial charge < -0.3 is 15.4 Å². The smallest absolute Gasteiger partial charge is 0.410 e. The average molecular weight is 290 g/mol. The molecule has 0 atom stereocenters. The molecule has 2 aliphatic heterocycles. The van der Waals surface area contributed by atoms with Gasteiger partial charge in [0.25, 0.3) is 0 Å². The lowest BCUT2D eigenvalue weighted by Crippen LogP contribution is -2.78. The van der Waals surface area contributed by atoms with Crippen molar-refractivity contribution in [2.45, 2.75) is 38.3 Å². The zero-order chi connectivity index (χ0) is 15.3. The highest BCUT2D eigenvalue weighted by molar-refractivity contribution is 5.72. The molecule has 3 rings (SSSR count). The zero-order valence-corrected chi connectivity index (χ0v) is 12.8. The van der Waals surface area contributed by atoms with Gasteiger partial charge in [0.1, 0.15) is 11.4 Å². The van der Waals surface area contributed by atoms with E-state index in [1.54, 1.807) is 12.3 Å². The summed E-state index contributed by atoms with van der Waals surface area (Å²) in [5.41, 5.74) is 6.15. The Balaban J connectivity index is 1.61. The molecule has 114 valence electrons. The first-order chi connectivity index (χ1) is 9.79. The van der Waals surface area contributed by atoms with Gasteiger partial charge in [0.2, 0.25) is 0 Å². The number of ether oxygens (including phenoxy) is 1. The number of aromatic nitrogens is 1. The second-order valence-corrected chi connectivity index (χ2v) is 6.90. The molecule has 0 aliphatic carbocycles. The number of likely N-dealkylation sites (tertiary alicyclic amines) is 1. The van der Waals surface area contributed by atoms with Crippen molar-refractivity contribution in [2.24, 2.45) is 0 Å². The summed E-state index contributed by atoms with van der Waals surface area (Å²) in [6.45, 7) is 8.12. The molecule has 2 fully saturated rings. The molecule has 6 nitrogen and oxygen atoms in total. The Kier molecular flexibility index (Phi) is 3.00. The highest BCUT2D eigenvalue weighted by Crippen LogP contribution is 2.41. The van der Waals surface area contributed by atoms with E-state index in [-0.39, 0.29) is 11.6 Å². The second kappa shape index (κ2) is 4.51. The van der Waals surface area contributed by atoms with Gasteiger partial charge in [-0.15, -0.1) is 0 Å². The molecular weight excluding hydrogens is 268 g/mol. The van der Waals surface area contributed by atoms with Crippen LogP contribution >= 0.6 is 0 Å². The minimum atomic E-state index is -0.446. The molecule has 0 unspecified atom stereocenters. The number of rotatable bonds is 1. The summed E-state index contributed by atoms with van der Waals surface area (Å²) in [6.07, 6.45) is 2.60. The number of nitrogens with zero attached hydrogens (tertiary/aromatic N) is 3. The summed E-state index contributed by atoms with van der Waals surface area (Å²) < 4.78 is 5.47. The first-order valence-corrected chi connectivity index (χ1v) is 7.26. The third-order valence-electron chi connectivity index (χ3n) is 4.09. The molecule has 1 amide bonds. The Bertz CT molecular complexity index is 544. The van der Waals surface area contributed by atoms with Crippen molar-refractivity contribution in [3.8, 4) is 0 Å². The van der Waals surface area contributed by atoms with Gasteiger partial charge in [-0.2, -0.15) is 0 Å². The summed E-state index contributed by atoms with van der Waals surface area (Å²) in [7, 11) is 0. The molecule has 0 aromatic carbocycles. The van der Waals surface area contributed by atoms with E-state index in [4.69, 9.17) is 10.5 Å². The molecule has 3 heterocycles. The maximum atomic E-state index is 12.2. The number of pyridine rings is 1. The molecular formula is C15H22N4O2. The van der Waals surface area contributed by atoms with Crippen LogP contribution in [0.15, 0.2) is 18.3 Å². The van der Waals surface area contributed by atoms with Crippen molar-refractivity contribution in [1.82, 2.24) is 9.88 Å². The lowest BCUT2D eigenvalue weighted by molar-refractivity contribution is -0.0560. The number of nitrogen functional groups attached to an aromatic ring is 1. The zero-order valence-electron chi connectivity index (χ0n) is 12.8. The van der Waals surface area contributed by atoms with Crippen molar-refractivity contribution in [3.63, 3.8) is 0 Å². The number of hydrogen-bond acceptors (Lipinski definition) is 5. The number of hydrogen-bond donors (Lipinski definition) is 1. The van der Waals surface area contributed by atoms with Gasteiger partial charge in [-0.3, -0.25) is 4.90 Å². The Hall–Kier alpha value is -1.98. The molecule has 0 bridgehead atoms. The highest BCUT2D eigenvalue weighted by atomic mass is 16.6. The molecule has 2 N–H and O–H groups in total. The van der Waals surface area contributed by atoms with Gasteiger partial charge in [-0.1, -0.05) is 0 Å². The fourth-order valence-corrected chi connectivity index (χ4v) is 2.90. The topological polar surface area (TPSA) is 71.7 Å². The fraction of sp³-hybridized carbons (Fsp3) is 0.600. The SMILES string of the molecule is CC(C)(C)OC(=O)N1CCC12CN(c1ccc(N)nc1)C2. The molecule has 6 heteroatoms. The largest absolute Gasteiger partial charge is 0.444 e. The molecule has 0 radical (unpaired) electrons. The van der Waals surface area contributed by atoms with Crippen LogP contribution in [0, 0.1) is 0 Å². The molecule has 21 heavy (non-hydrogen) atoms. The Morgan fingerprint density at radius 3 is 2.57 bits per heavy atom. The summed E-state index contributed by atoms with van der Waals surface area (Å²) in [6, 6.07) is 3.76. The molecule has 2 aliphatic rings. The quantitative estimate of drug-likeness (QED) is 0.855. The molecule has 0 saturated carbocycles. The predicted octanol–water partition coefficient (Wildman–Crippen LogP) is 1.86. The monoisotopic (exact) mass is 290 g/mol. The van der Waals surface area contributed by atoms with Crippen LogP contribution in [-0.4, -0.2) is 46.8 Å². The van der Waals surface area contributed by atoms with Crippen LogP contribution in [0.25, 0.3) is 0 Å². The van der Waals surface area contributed by atoms with Gasteiger partial charge in [0, 0.05) is 19.6 Å². The van der Waals surface area contributed by atoms with Crippen LogP contribution in [0.1, 0.15) is 27.2 Å². The number of anilines is 2. The van der Waals surface area contributed by atoms with E-state index in [9.17, 15) is 4.79 Å². The van der Waals surface area contributed by atoms with Gasteiger partial charge in [-0.05, 0) is 39.3 Å². The predicted molar refractivity (Wildman–Crippen MR) is 81.2 cm³/mol. The summed E-state index contributed by atoms with van der Waals surface area (Å²) >= 11 is 0. The molecule has 1 spiro atoms. The number of amides is 1. The van der Waals surface area contributed by atoms with Gasteiger partial charge in [0.15, 0.2) is 0 Å². The summed E-state index contributed by atoms with van der Waals surface area (Å²) in [5.74, 6) is 0.521. The molecule has 2 saturated heterocycles. The fourth-order valence-electron chi connectivity index (χ4n) is 2.90. The van der Waals surface area contributed by atoms with E-state index in [1.165, 1.54) is 0 Å². The van der Waals surface area contributed by atoms with Crippen LogP contribution in [0.4, 0.5) is 16.3 Å². The average Bonchev–Trinajstić information content (AvgIpc) is 2.25. The lowest BCUT2D eigenvalue weighted by Gasteiger charge is -2.62. The Labute approximate surface area is 124 Å². The highest BCUT2D eigenvalue weighted by Gasteiger charge is 2.56. The van der Waals surface area contributed by atoms with Crippen LogP contribution in [0.3, 0.4) is 0 Å². The summed E-state index contributed by atoms with van der Waals surface area (Å²) in [4.78, 5) is 20.4. The number of carbonyl (C=O) groups excluding carboxylic acids is 1.